The second kappa shape index (κ2) is 9.68. The third kappa shape index (κ3) is 4.36. The summed E-state index contributed by atoms with van der Waals surface area (Å²) in [5.41, 5.74) is 1.73. The Morgan fingerprint density at radius 3 is 2.42 bits per heavy atom. The summed E-state index contributed by atoms with van der Waals surface area (Å²) in [5.74, 6) is -0.313. The van der Waals surface area contributed by atoms with E-state index in [1.807, 2.05) is 44.2 Å². The first kappa shape index (κ1) is 23.7. The van der Waals surface area contributed by atoms with Gasteiger partial charge < -0.3 is 15.3 Å². The molecular weight excluding hydrogens is 415 g/mol. The topological polar surface area (TPSA) is 52.6 Å². The Morgan fingerprint density at radius 1 is 1.10 bits per heavy atom. The number of aliphatic hydroxyl groups excluding tert-OH is 1. The minimum absolute atomic E-state index is 0. The summed E-state index contributed by atoms with van der Waals surface area (Å²) in [7, 11) is 0. The monoisotopic (exact) mass is 446 g/mol. The lowest BCUT2D eigenvalue weighted by Crippen LogP contribution is -2.48. The van der Waals surface area contributed by atoms with E-state index in [0.29, 0.717) is 6.54 Å². The van der Waals surface area contributed by atoms with Crippen LogP contribution in [-0.2, 0) is 10.2 Å². The highest BCUT2D eigenvalue weighted by Crippen LogP contribution is 2.52. The molecule has 6 heteroatoms. The van der Waals surface area contributed by atoms with Gasteiger partial charge in [0, 0.05) is 18.3 Å². The molecule has 1 saturated carbocycles. The molecule has 168 valence electrons. The Hall–Kier alpha value is -1.95. The van der Waals surface area contributed by atoms with Crippen molar-refractivity contribution in [2.24, 2.45) is 0 Å². The summed E-state index contributed by atoms with van der Waals surface area (Å²) in [5, 5.41) is 14.5. The van der Waals surface area contributed by atoms with Crippen LogP contribution in [0.4, 0.5) is 10.1 Å². The molecule has 0 radical (unpaired) electrons. The predicted octanol–water partition coefficient (Wildman–Crippen LogP) is 4.90. The fourth-order valence-corrected chi connectivity index (χ4v) is 5.13. The van der Waals surface area contributed by atoms with Crippen molar-refractivity contribution in [3.63, 3.8) is 0 Å². The molecule has 1 amide bonds. The minimum Gasteiger partial charge on any atom is -0.389 e. The minimum atomic E-state index is -0.796. The van der Waals surface area contributed by atoms with Crippen LogP contribution in [0, 0.1) is 5.82 Å². The van der Waals surface area contributed by atoms with E-state index in [2.05, 4.69) is 5.32 Å². The highest BCUT2D eigenvalue weighted by atomic mass is 35.5. The van der Waals surface area contributed by atoms with Crippen LogP contribution in [0.2, 0.25) is 0 Å². The molecule has 4 nitrogen and oxygen atoms in total. The highest BCUT2D eigenvalue weighted by molar-refractivity contribution is 6.08. The van der Waals surface area contributed by atoms with Crippen molar-refractivity contribution in [1.29, 1.82) is 0 Å². The second-order valence-electron chi connectivity index (χ2n) is 8.97. The maximum Gasteiger partial charge on any atom is 0.238 e. The van der Waals surface area contributed by atoms with Gasteiger partial charge in [-0.05, 0) is 42.2 Å². The van der Waals surface area contributed by atoms with Gasteiger partial charge in [0.05, 0.1) is 17.6 Å². The molecule has 1 aliphatic carbocycles. The van der Waals surface area contributed by atoms with Crippen molar-refractivity contribution >= 4 is 24.0 Å². The van der Waals surface area contributed by atoms with Crippen LogP contribution in [0.5, 0.6) is 0 Å². The molecule has 1 fully saturated rings. The lowest BCUT2D eigenvalue weighted by molar-refractivity contribution is -0.125. The van der Waals surface area contributed by atoms with E-state index in [1.165, 1.54) is 6.07 Å². The van der Waals surface area contributed by atoms with E-state index in [0.717, 1.165) is 48.9 Å². The molecule has 2 aromatic rings. The predicted molar refractivity (Wildman–Crippen MR) is 124 cm³/mol. The standard InChI is InChI=1S/C25H31FN2O2.ClH/c1-17(2)27-16-22(29)23(18-9-5-3-6-10-18)28-21-12-11-19(26)15-20(21)25(24(28)30)13-7-4-8-14-25;/h3,5-6,9-12,15,17,22-23,27,29H,4,7-8,13-14,16H2,1-2H3;1H/t22-,23+;/m1./s1. The fourth-order valence-electron chi connectivity index (χ4n) is 5.13. The number of amides is 1. The molecule has 2 aromatic carbocycles. The number of anilines is 1. The van der Waals surface area contributed by atoms with Crippen LogP contribution in [-0.4, -0.2) is 29.7 Å². The molecule has 2 aliphatic rings. The number of carbonyl (C=O) groups is 1. The highest BCUT2D eigenvalue weighted by Gasteiger charge is 2.53. The van der Waals surface area contributed by atoms with Gasteiger partial charge in [0.25, 0.3) is 0 Å². The normalized spacial score (nSPS) is 19.3. The Kier molecular flexibility index (Phi) is 7.40. The van der Waals surface area contributed by atoms with Gasteiger partial charge in [-0.2, -0.15) is 0 Å². The summed E-state index contributed by atoms with van der Waals surface area (Å²) in [6, 6.07) is 14.0. The van der Waals surface area contributed by atoms with Gasteiger partial charge in [-0.1, -0.05) is 63.4 Å². The van der Waals surface area contributed by atoms with E-state index in [9.17, 15) is 14.3 Å². The van der Waals surface area contributed by atoms with Crippen LogP contribution in [0.1, 0.15) is 63.1 Å². The lowest BCUT2D eigenvalue weighted by Gasteiger charge is -2.36. The third-order valence-electron chi connectivity index (χ3n) is 6.59. The van der Waals surface area contributed by atoms with E-state index in [4.69, 9.17) is 0 Å². The number of hydrogen-bond donors (Lipinski definition) is 2. The Morgan fingerprint density at radius 2 is 1.77 bits per heavy atom. The molecule has 2 N–H and O–H groups in total. The van der Waals surface area contributed by atoms with Crippen LogP contribution >= 0.6 is 12.4 Å². The number of halogens is 2. The van der Waals surface area contributed by atoms with Crippen LogP contribution < -0.4 is 10.2 Å². The molecule has 2 atom stereocenters. The molecule has 0 unspecified atom stereocenters. The summed E-state index contributed by atoms with van der Waals surface area (Å²) < 4.78 is 14.3. The maximum atomic E-state index is 14.3. The first-order valence-electron chi connectivity index (χ1n) is 11.0. The van der Waals surface area contributed by atoms with E-state index >= 15 is 0 Å². The van der Waals surface area contributed by atoms with Crippen molar-refractivity contribution in [3.05, 3.63) is 65.5 Å². The molecule has 31 heavy (non-hydrogen) atoms. The lowest BCUT2D eigenvalue weighted by atomic mass is 9.70. The number of fused-ring (bicyclic) bond motifs is 2. The van der Waals surface area contributed by atoms with Crippen LogP contribution in [0.3, 0.4) is 0 Å². The molecule has 1 spiro atoms. The summed E-state index contributed by atoms with van der Waals surface area (Å²) >= 11 is 0. The summed E-state index contributed by atoms with van der Waals surface area (Å²) in [6.07, 6.45) is 3.70. The molecule has 1 heterocycles. The van der Waals surface area contributed by atoms with Gasteiger partial charge in [-0.15, -0.1) is 12.4 Å². The van der Waals surface area contributed by atoms with Crippen molar-refractivity contribution in [2.45, 2.75) is 69.6 Å². The van der Waals surface area contributed by atoms with Crippen molar-refractivity contribution in [1.82, 2.24) is 5.32 Å². The van der Waals surface area contributed by atoms with Gasteiger partial charge >= 0.3 is 0 Å². The average Bonchev–Trinajstić information content (AvgIpc) is 2.96. The number of nitrogens with zero attached hydrogens (tertiary/aromatic N) is 1. The van der Waals surface area contributed by atoms with Gasteiger partial charge in [0.1, 0.15) is 5.82 Å². The molecule has 4 rings (SSSR count). The SMILES string of the molecule is CC(C)NC[C@@H](O)[C@H](c1ccccc1)N1C(=O)C2(CCCCC2)c2cc(F)ccc21.Cl. The molecule has 0 bridgehead atoms. The first-order valence-corrected chi connectivity index (χ1v) is 11.0. The van der Waals surface area contributed by atoms with E-state index in [1.54, 1.807) is 17.0 Å². The van der Waals surface area contributed by atoms with Crippen molar-refractivity contribution < 1.29 is 14.3 Å². The smallest absolute Gasteiger partial charge is 0.238 e. The Labute approximate surface area is 190 Å². The largest absolute Gasteiger partial charge is 0.389 e. The summed E-state index contributed by atoms with van der Waals surface area (Å²) in [4.78, 5) is 15.7. The molecule has 0 saturated heterocycles. The number of aliphatic hydroxyl groups is 1. The third-order valence-corrected chi connectivity index (χ3v) is 6.59. The molecular formula is C25H32ClFN2O2. The zero-order valence-corrected chi connectivity index (χ0v) is 19.0. The van der Waals surface area contributed by atoms with E-state index in [-0.39, 0.29) is 30.2 Å². The zero-order valence-electron chi connectivity index (χ0n) is 18.2. The number of rotatable bonds is 6. The van der Waals surface area contributed by atoms with E-state index < -0.39 is 17.6 Å². The van der Waals surface area contributed by atoms with Crippen molar-refractivity contribution in [2.75, 3.05) is 11.4 Å². The molecule has 1 aliphatic heterocycles. The Balaban J connectivity index is 0.00000272. The zero-order chi connectivity index (χ0) is 21.3. The van der Waals surface area contributed by atoms with Gasteiger partial charge in [-0.25, -0.2) is 4.39 Å². The number of hydrogen-bond acceptors (Lipinski definition) is 3. The quantitative estimate of drug-likeness (QED) is 0.663. The Bertz CT molecular complexity index is 900. The van der Waals surface area contributed by atoms with Gasteiger partial charge in [0.2, 0.25) is 5.91 Å². The van der Waals surface area contributed by atoms with Gasteiger partial charge in [0.15, 0.2) is 0 Å². The number of carbonyl (C=O) groups excluding carboxylic acids is 1. The van der Waals surface area contributed by atoms with Crippen LogP contribution in [0.15, 0.2) is 48.5 Å². The number of benzene rings is 2. The second-order valence-corrected chi connectivity index (χ2v) is 8.97. The fraction of sp³-hybridized carbons (Fsp3) is 0.480. The van der Waals surface area contributed by atoms with Gasteiger partial charge in [-0.3, -0.25) is 4.79 Å². The number of nitrogens with one attached hydrogen (secondary N) is 1. The van der Waals surface area contributed by atoms with Crippen molar-refractivity contribution in [3.8, 4) is 0 Å². The average molecular weight is 447 g/mol. The maximum absolute atomic E-state index is 14.3. The van der Waals surface area contributed by atoms with Crippen LogP contribution in [0.25, 0.3) is 0 Å². The summed E-state index contributed by atoms with van der Waals surface area (Å²) in [6.45, 7) is 4.42. The first-order chi connectivity index (χ1) is 14.4. The molecule has 0 aromatic heterocycles.